The largest absolute Gasteiger partial charge is 0.493 e. The zero-order chi connectivity index (χ0) is 21.9. The van der Waals surface area contributed by atoms with Gasteiger partial charge >= 0.3 is 6.61 Å². The fraction of sp³-hybridized carbons (Fsp3) is 0.619. The highest BCUT2D eigenvalue weighted by Gasteiger charge is 2.23. The van der Waals surface area contributed by atoms with E-state index < -0.39 is 6.61 Å². The third-order valence-electron chi connectivity index (χ3n) is 4.77. The van der Waals surface area contributed by atoms with Crippen LogP contribution in [0.4, 0.5) is 8.78 Å². The minimum absolute atomic E-state index is 0.0588. The number of hydrogen-bond donors (Lipinski definition) is 2. The van der Waals surface area contributed by atoms with Crippen LogP contribution in [-0.2, 0) is 11.3 Å². The van der Waals surface area contributed by atoms with Crippen LogP contribution in [0.1, 0.15) is 45.1 Å². The summed E-state index contributed by atoms with van der Waals surface area (Å²) in [5, 5.41) is 3.24. The number of benzene rings is 1. The van der Waals surface area contributed by atoms with Crippen LogP contribution in [-0.4, -0.2) is 49.6 Å². The molecule has 1 aliphatic rings. The van der Waals surface area contributed by atoms with Crippen molar-refractivity contribution in [3.05, 3.63) is 23.8 Å². The number of alkyl halides is 2. The molecular formula is C21H32F2N4O3. The molecule has 0 spiro atoms. The topological polar surface area (TPSA) is 89.2 Å². The molecule has 3 N–H and O–H groups in total. The molecule has 7 nitrogen and oxygen atoms in total. The number of amides is 1. The SMILES string of the molecule is CCCOc1ccc(CN=C(NCC)N2CCCC(CC(N)=O)C2)c(OC(F)F)c1. The van der Waals surface area contributed by atoms with Crippen molar-refractivity contribution in [2.24, 2.45) is 16.6 Å². The van der Waals surface area contributed by atoms with Gasteiger partial charge in [0.1, 0.15) is 11.5 Å². The summed E-state index contributed by atoms with van der Waals surface area (Å²) < 4.78 is 36.0. The first-order chi connectivity index (χ1) is 14.4. The van der Waals surface area contributed by atoms with E-state index >= 15 is 0 Å². The molecule has 1 saturated heterocycles. The van der Waals surface area contributed by atoms with Gasteiger partial charge in [0.05, 0.1) is 13.2 Å². The number of likely N-dealkylation sites (tertiary alicyclic amines) is 1. The molecule has 1 aromatic rings. The quantitative estimate of drug-likeness (QED) is 0.443. The molecule has 1 unspecified atom stereocenters. The lowest BCUT2D eigenvalue weighted by atomic mass is 9.95. The standard InChI is InChI=1S/C21H32F2N4O3/c1-3-10-29-17-8-7-16(18(12-17)30-20(22)23)13-26-21(25-4-2)27-9-5-6-15(14-27)11-19(24)28/h7-8,12,15,20H,3-6,9-11,13-14H2,1-2H3,(H2,24,28)(H,25,26). The lowest BCUT2D eigenvalue weighted by Gasteiger charge is -2.34. The monoisotopic (exact) mass is 426 g/mol. The van der Waals surface area contributed by atoms with Gasteiger partial charge in [-0.2, -0.15) is 8.78 Å². The smallest absolute Gasteiger partial charge is 0.387 e. The van der Waals surface area contributed by atoms with Gasteiger partial charge in [-0.25, -0.2) is 4.99 Å². The van der Waals surface area contributed by atoms with E-state index in [0.29, 0.717) is 43.4 Å². The number of halogens is 2. The lowest BCUT2D eigenvalue weighted by molar-refractivity contribution is -0.119. The summed E-state index contributed by atoms with van der Waals surface area (Å²) in [6.07, 6.45) is 3.05. The molecule has 30 heavy (non-hydrogen) atoms. The Bertz CT molecular complexity index is 715. The molecule has 0 aliphatic carbocycles. The van der Waals surface area contributed by atoms with E-state index in [1.807, 2.05) is 13.8 Å². The average Bonchev–Trinajstić information content (AvgIpc) is 2.69. The molecule has 1 aromatic carbocycles. The van der Waals surface area contributed by atoms with Crippen molar-refractivity contribution in [1.82, 2.24) is 10.2 Å². The molecule has 0 radical (unpaired) electrons. The number of aliphatic imine (C=N–C) groups is 1. The number of rotatable bonds is 10. The molecule has 0 bridgehead atoms. The highest BCUT2D eigenvalue weighted by atomic mass is 19.3. The third kappa shape index (κ3) is 7.68. The Balaban J connectivity index is 2.16. The summed E-state index contributed by atoms with van der Waals surface area (Å²) in [6.45, 7) is 3.83. The van der Waals surface area contributed by atoms with E-state index in [9.17, 15) is 13.6 Å². The number of piperidine rings is 1. The Kier molecular flexibility index (Phi) is 9.63. The van der Waals surface area contributed by atoms with Crippen molar-refractivity contribution >= 4 is 11.9 Å². The normalized spacial score (nSPS) is 17.2. The van der Waals surface area contributed by atoms with Gasteiger partial charge in [-0.1, -0.05) is 6.92 Å². The molecule has 1 fully saturated rings. The second-order valence-electron chi connectivity index (χ2n) is 7.29. The van der Waals surface area contributed by atoms with Crippen molar-refractivity contribution in [2.75, 3.05) is 26.2 Å². The maximum absolute atomic E-state index is 12.9. The van der Waals surface area contributed by atoms with Gasteiger partial charge in [0.15, 0.2) is 5.96 Å². The first-order valence-electron chi connectivity index (χ1n) is 10.4. The molecule has 1 aliphatic heterocycles. The predicted molar refractivity (Wildman–Crippen MR) is 112 cm³/mol. The summed E-state index contributed by atoms with van der Waals surface area (Å²) in [6, 6.07) is 4.90. The van der Waals surface area contributed by atoms with Crippen LogP contribution in [0, 0.1) is 5.92 Å². The molecule has 168 valence electrons. The Morgan fingerprint density at radius 2 is 2.20 bits per heavy atom. The second-order valence-corrected chi connectivity index (χ2v) is 7.29. The first kappa shape index (κ1) is 23.7. The van der Waals surface area contributed by atoms with E-state index in [0.717, 1.165) is 25.8 Å². The van der Waals surface area contributed by atoms with Crippen LogP contribution in [0.5, 0.6) is 11.5 Å². The highest BCUT2D eigenvalue weighted by Crippen LogP contribution is 2.28. The molecule has 0 saturated carbocycles. The maximum Gasteiger partial charge on any atom is 0.387 e. The van der Waals surface area contributed by atoms with E-state index in [1.165, 1.54) is 6.07 Å². The molecule has 9 heteroatoms. The maximum atomic E-state index is 12.9. The van der Waals surface area contributed by atoms with Gasteiger partial charge in [-0.3, -0.25) is 4.79 Å². The van der Waals surface area contributed by atoms with Gasteiger partial charge in [0.2, 0.25) is 5.91 Å². The zero-order valence-corrected chi connectivity index (χ0v) is 17.7. The van der Waals surface area contributed by atoms with Crippen LogP contribution < -0.4 is 20.5 Å². The third-order valence-corrected chi connectivity index (χ3v) is 4.77. The fourth-order valence-electron chi connectivity index (χ4n) is 3.48. The average molecular weight is 427 g/mol. The molecule has 1 atom stereocenters. The summed E-state index contributed by atoms with van der Waals surface area (Å²) in [5.74, 6) is 1.11. The minimum atomic E-state index is -2.93. The molecular weight excluding hydrogens is 394 g/mol. The molecule has 0 aromatic heterocycles. The van der Waals surface area contributed by atoms with Gasteiger partial charge in [-0.15, -0.1) is 0 Å². The van der Waals surface area contributed by atoms with Crippen LogP contribution >= 0.6 is 0 Å². The predicted octanol–water partition coefficient (Wildman–Crippen LogP) is 3.13. The Hall–Kier alpha value is -2.58. The Morgan fingerprint density at radius 3 is 2.87 bits per heavy atom. The number of nitrogens with one attached hydrogen (secondary N) is 1. The van der Waals surface area contributed by atoms with Crippen molar-refractivity contribution in [3.63, 3.8) is 0 Å². The first-order valence-corrected chi connectivity index (χ1v) is 10.4. The van der Waals surface area contributed by atoms with Crippen LogP contribution in [0.3, 0.4) is 0 Å². The molecule has 1 amide bonds. The van der Waals surface area contributed by atoms with Crippen molar-refractivity contribution in [2.45, 2.75) is 52.7 Å². The number of guanidine groups is 1. The lowest BCUT2D eigenvalue weighted by Crippen LogP contribution is -2.47. The van der Waals surface area contributed by atoms with Gasteiger partial charge in [0.25, 0.3) is 0 Å². The van der Waals surface area contributed by atoms with Gasteiger partial charge in [0, 0.05) is 37.7 Å². The summed E-state index contributed by atoms with van der Waals surface area (Å²) in [4.78, 5) is 18.0. The number of nitrogens with zero attached hydrogens (tertiary/aromatic N) is 2. The summed E-state index contributed by atoms with van der Waals surface area (Å²) in [7, 11) is 0. The number of carbonyl (C=O) groups excluding carboxylic acids is 1. The number of ether oxygens (including phenoxy) is 2. The summed E-state index contributed by atoms with van der Waals surface area (Å²) >= 11 is 0. The zero-order valence-electron chi connectivity index (χ0n) is 17.7. The molecule has 1 heterocycles. The van der Waals surface area contributed by atoms with Crippen LogP contribution in [0.15, 0.2) is 23.2 Å². The van der Waals surface area contributed by atoms with Crippen molar-refractivity contribution in [3.8, 4) is 11.5 Å². The number of primary amides is 1. The van der Waals surface area contributed by atoms with E-state index in [-0.39, 0.29) is 24.1 Å². The fourth-order valence-corrected chi connectivity index (χ4v) is 3.48. The van der Waals surface area contributed by atoms with E-state index in [1.54, 1.807) is 12.1 Å². The van der Waals surface area contributed by atoms with Crippen LogP contribution in [0.25, 0.3) is 0 Å². The van der Waals surface area contributed by atoms with Gasteiger partial charge in [-0.05, 0) is 44.2 Å². The van der Waals surface area contributed by atoms with Crippen LogP contribution in [0.2, 0.25) is 0 Å². The van der Waals surface area contributed by atoms with Gasteiger partial charge < -0.3 is 25.4 Å². The second kappa shape index (κ2) is 12.2. The highest BCUT2D eigenvalue weighted by molar-refractivity contribution is 5.80. The number of hydrogen-bond acceptors (Lipinski definition) is 4. The Morgan fingerprint density at radius 1 is 1.40 bits per heavy atom. The number of nitrogens with two attached hydrogens (primary N) is 1. The van der Waals surface area contributed by atoms with E-state index in [2.05, 4.69) is 15.2 Å². The Labute approximate surface area is 176 Å². The number of carbonyl (C=O) groups is 1. The van der Waals surface area contributed by atoms with Crippen molar-refractivity contribution < 1.29 is 23.0 Å². The van der Waals surface area contributed by atoms with Crippen molar-refractivity contribution in [1.29, 1.82) is 0 Å². The minimum Gasteiger partial charge on any atom is -0.493 e. The molecule has 2 rings (SSSR count). The summed E-state index contributed by atoms with van der Waals surface area (Å²) in [5.41, 5.74) is 5.89. The van der Waals surface area contributed by atoms with E-state index in [4.69, 9.17) is 15.2 Å².